The summed E-state index contributed by atoms with van der Waals surface area (Å²) in [7, 11) is 0. The van der Waals surface area contributed by atoms with Gasteiger partial charge in [-0.15, -0.1) is 16.4 Å². The molecule has 1 N–H and O–H groups in total. The molecule has 0 amide bonds. The maximum atomic E-state index is 4.70. The fourth-order valence-electron chi connectivity index (χ4n) is 3.20. The van der Waals surface area contributed by atoms with Crippen molar-refractivity contribution in [1.29, 1.82) is 0 Å². The first-order valence-electron chi connectivity index (χ1n) is 9.74. The molecule has 5 aromatic rings. The van der Waals surface area contributed by atoms with E-state index in [0.717, 1.165) is 47.6 Å². The molecule has 0 aliphatic carbocycles. The minimum Gasteiger partial charge on any atom is -0.252 e. The third-order valence-corrected chi connectivity index (χ3v) is 6.63. The number of para-hydroxylation sites is 1. The quantitative estimate of drug-likeness (QED) is 0.185. The van der Waals surface area contributed by atoms with E-state index >= 15 is 0 Å². The van der Waals surface area contributed by atoms with E-state index in [1.165, 1.54) is 11.3 Å². The van der Waals surface area contributed by atoms with Crippen molar-refractivity contribution in [1.82, 2.24) is 20.0 Å². The molecule has 5 rings (SSSR count). The molecule has 6 nitrogen and oxygen atoms in total. The number of fused-ring (bicyclic) bond motifs is 1. The molecule has 0 saturated heterocycles. The lowest BCUT2D eigenvalue weighted by molar-refractivity contribution is 0.700. The lowest BCUT2D eigenvalue weighted by Gasteiger charge is -2.08. The summed E-state index contributed by atoms with van der Waals surface area (Å²) in [6, 6.07) is 24.0. The van der Waals surface area contributed by atoms with E-state index in [-0.39, 0.29) is 0 Å². The standard InChI is InChI=1S/C23H16Br2N6S/c24-17-9-5-15(6-10-17)20(13-31-22-4-2-1-3-19(22)28-30-31)27-29-23-26-21(14-32-23)16-7-11-18(25)12-8-16/h1-12,14H,13H2,(H,26,29)/b27-20-. The maximum absolute atomic E-state index is 4.70. The van der Waals surface area contributed by atoms with Crippen LogP contribution in [0.15, 0.2) is 92.2 Å². The van der Waals surface area contributed by atoms with Crippen LogP contribution in [0.5, 0.6) is 0 Å². The second-order valence-corrected chi connectivity index (χ2v) is 9.65. The van der Waals surface area contributed by atoms with Crippen LogP contribution in [0.2, 0.25) is 0 Å². The van der Waals surface area contributed by atoms with Gasteiger partial charge in [0.1, 0.15) is 5.52 Å². The summed E-state index contributed by atoms with van der Waals surface area (Å²) in [5, 5.41) is 16.0. The Morgan fingerprint density at radius 3 is 2.44 bits per heavy atom. The molecule has 0 aliphatic heterocycles. The van der Waals surface area contributed by atoms with Crippen LogP contribution in [-0.2, 0) is 6.54 Å². The van der Waals surface area contributed by atoms with Crippen LogP contribution in [0.25, 0.3) is 22.3 Å². The van der Waals surface area contributed by atoms with E-state index in [2.05, 4.69) is 52.6 Å². The highest BCUT2D eigenvalue weighted by molar-refractivity contribution is 9.10. The topological polar surface area (TPSA) is 68.0 Å². The summed E-state index contributed by atoms with van der Waals surface area (Å²) < 4.78 is 3.91. The van der Waals surface area contributed by atoms with Gasteiger partial charge in [-0.25, -0.2) is 9.67 Å². The first-order chi connectivity index (χ1) is 15.7. The highest BCUT2D eigenvalue weighted by Gasteiger charge is 2.11. The van der Waals surface area contributed by atoms with Gasteiger partial charge in [0.2, 0.25) is 5.13 Å². The molecule has 0 spiro atoms. The number of hydrazone groups is 1. The predicted molar refractivity (Wildman–Crippen MR) is 137 cm³/mol. The van der Waals surface area contributed by atoms with Gasteiger partial charge in [-0.2, -0.15) is 5.10 Å². The Kier molecular flexibility index (Phi) is 6.11. The molecule has 0 fully saturated rings. The van der Waals surface area contributed by atoms with Crippen LogP contribution in [0.4, 0.5) is 5.13 Å². The lowest BCUT2D eigenvalue weighted by Crippen LogP contribution is -2.15. The number of halogens is 2. The first kappa shape index (κ1) is 21.0. The van der Waals surface area contributed by atoms with Crippen molar-refractivity contribution < 1.29 is 0 Å². The number of hydrogen-bond donors (Lipinski definition) is 1. The first-order valence-corrected chi connectivity index (χ1v) is 12.2. The Hall–Kier alpha value is -2.88. The Morgan fingerprint density at radius 1 is 0.938 bits per heavy atom. The summed E-state index contributed by atoms with van der Waals surface area (Å²) in [6.07, 6.45) is 0. The zero-order valence-electron chi connectivity index (χ0n) is 16.6. The second kappa shape index (κ2) is 9.32. The van der Waals surface area contributed by atoms with Gasteiger partial charge in [-0.3, -0.25) is 5.43 Å². The van der Waals surface area contributed by atoms with Gasteiger partial charge in [-0.05, 0) is 42.0 Å². The predicted octanol–water partition coefficient (Wildman–Crippen LogP) is 6.60. The van der Waals surface area contributed by atoms with Crippen LogP contribution < -0.4 is 5.43 Å². The Morgan fingerprint density at radius 2 is 1.66 bits per heavy atom. The van der Waals surface area contributed by atoms with Crippen molar-refractivity contribution in [2.24, 2.45) is 5.10 Å². The van der Waals surface area contributed by atoms with E-state index in [4.69, 9.17) is 5.10 Å². The third-order valence-electron chi connectivity index (χ3n) is 4.83. The molecule has 9 heteroatoms. The van der Waals surface area contributed by atoms with Crippen molar-refractivity contribution in [2.75, 3.05) is 5.43 Å². The van der Waals surface area contributed by atoms with Crippen molar-refractivity contribution >= 4 is 65.1 Å². The third kappa shape index (κ3) is 4.64. The van der Waals surface area contributed by atoms with Crippen LogP contribution in [0, 0.1) is 0 Å². The smallest absolute Gasteiger partial charge is 0.203 e. The van der Waals surface area contributed by atoms with Gasteiger partial charge >= 0.3 is 0 Å². The van der Waals surface area contributed by atoms with Crippen molar-refractivity contribution in [3.8, 4) is 11.3 Å². The molecule has 0 bridgehead atoms. The van der Waals surface area contributed by atoms with E-state index in [1.807, 2.05) is 82.9 Å². The molecule has 2 aromatic heterocycles. The SMILES string of the molecule is Brc1ccc(/C(Cn2nnc3ccccc32)=N\Nc2nc(-c3ccc(Br)cc3)cs2)cc1. The minimum absolute atomic E-state index is 0.472. The van der Waals surface area contributed by atoms with Gasteiger partial charge < -0.3 is 0 Å². The van der Waals surface area contributed by atoms with Crippen LogP contribution in [0.3, 0.4) is 0 Å². The average molecular weight is 568 g/mol. The summed E-state index contributed by atoms with van der Waals surface area (Å²) in [6.45, 7) is 0.472. The van der Waals surface area contributed by atoms with Crippen molar-refractivity contribution in [3.63, 3.8) is 0 Å². The van der Waals surface area contributed by atoms with Crippen LogP contribution in [-0.4, -0.2) is 25.7 Å². The van der Waals surface area contributed by atoms with Crippen molar-refractivity contribution in [2.45, 2.75) is 6.54 Å². The van der Waals surface area contributed by atoms with Gasteiger partial charge in [0.05, 0.1) is 23.5 Å². The van der Waals surface area contributed by atoms with E-state index in [0.29, 0.717) is 6.54 Å². The molecule has 0 unspecified atom stereocenters. The number of thiazole rings is 1. The second-order valence-electron chi connectivity index (χ2n) is 6.96. The number of hydrogen-bond acceptors (Lipinski definition) is 6. The maximum Gasteiger partial charge on any atom is 0.203 e. The van der Waals surface area contributed by atoms with E-state index < -0.39 is 0 Å². The monoisotopic (exact) mass is 566 g/mol. The van der Waals surface area contributed by atoms with Gasteiger partial charge in [0, 0.05) is 19.9 Å². The number of nitrogens with zero attached hydrogens (tertiary/aromatic N) is 5. The Labute approximate surface area is 205 Å². The van der Waals surface area contributed by atoms with Crippen molar-refractivity contribution in [3.05, 3.63) is 92.7 Å². The number of benzene rings is 3. The summed E-state index contributed by atoms with van der Waals surface area (Å²) in [5.41, 5.74) is 8.74. The molecule has 0 saturated carbocycles. The summed E-state index contributed by atoms with van der Waals surface area (Å²) in [4.78, 5) is 4.68. The normalized spacial score (nSPS) is 11.8. The number of rotatable bonds is 6. The van der Waals surface area contributed by atoms with Crippen LogP contribution >= 0.6 is 43.2 Å². The number of anilines is 1. The molecule has 0 aliphatic rings. The van der Waals surface area contributed by atoms with E-state index in [9.17, 15) is 0 Å². The van der Waals surface area contributed by atoms with Gasteiger partial charge in [0.25, 0.3) is 0 Å². The molecule has 158 valence electrons. The summed E-state index contributed by atoms with van der Waals surface area (Å²) in [5.74, 6) is 0. The van der Waals surface area contributed by atoms with Gasteiger partial charge in [0.15, 0.2) is 0 Å². The molecular weight excluding hydrogens is 552 g/mol. The average Bonchev–Trinajstić information content (AvgIpc) is 3.45. The zero-order valence-corrected chi connectivity index (χ0v) is 20.6. The summed E-state index contributed by atoms with van der Waals surface area (Å²) >= 11 is 8.48. The van der Waals surface area contributed by atoms with Crippen LogP contribution in [0.1, 0.15) is 5.56 Å². The highest BCUT2D eigenvalue weighted by atomic mass is 79.9. The van der Waals surface area contributed by atoms with Gasteiger partial charge in [-0.1, -0.05) is 73.5 Å². The largest absolute Gasteiger partial charge is 0.252 e. The molecule has 32 heavy (non-hydrogen) atoms. The number of aromatic nitrogens is 4. The molecular formula is C23H16Br2N6S. The number of nitrogens with one attached hydrogen (secondary N) is 1. The Balaban J connectivity index is 1.44. The van der Waals surface area contributed by atoms with E-state index in [1.54, 1.807) is 0 Å². The minimum atomic E-state index is 0.472. The highest BCUT2D eigenvalue weighted by Crippen LogP contribution is 2.26. The zero-order chi connectivity index (χ0) is 21.9. The lowest BCUT2D eigenvalue weighted by atomic mass is 10.1. The molecule has 2 heterocycles. The fraction of sp³-hybridized carbons (Fsp3) is 0.0435. The fourth-order valence-corrected chi connectivity index (χ4v) is 4.39. The molecule has 0 radical (unpaired) electrons. The molecule has 3 aromatic carbocycles. The molecule has 0 atom stereocenters. The Bertz CT molecular complexity index is 1390.